The first-order valence-corrected chi connectivity index (χ1v) is 3.69. The molecule has 0 saturated carbocycles. The maximum absolute atomic E-state index is 11.0. The van der Waals surface area contributed by atoms with E-state index in [1.165, 1.54) is 7.11 Å². The molecule has 1 N–H and O–H groups in total. The lowest BCUT2D eigenvalue weighted by atomic mass is 10.2. The van der Waals surface area contributed by atoms with Crippen LogP contribution in [0.2, 0.25) is 0 Å². The van der Waals surface area contributed by atoms with Crippen molar-refractivity contribution in [2.75, 3.05) is 13.8 Å². The molecule has 1 rings (SSSR count). The number of nitrogens with zero attached hydrogens (tertiary/aromatic N) is 1. The molecular formula is C7H11NO4. The Labute approximate surface area is 69.9 Å². The normalized spacial score (nSPS) is 23.0. The summed E-state index contributed by atoms with van der Waals surface area (Å²) in [6, 6.07) is -0.590. The van der Waals surface area contributed by atoms with Gasteiger partial charge in [0.1, 0.15) is 12.8 Å². The SMILES string of the molecule is COC(=O)[C@@H]1CCC(=O)N1CO. The quantitative estimate of drug-likeness (QED) is 0.549. The molecule has 1 heterocycles. The Morgan fingerprint density at radius 1 is 1.83 bits per heavy atom. The maximum atomic E-state index is 11.0. The van der Waals surface area contributed by atoms with Gasteiger partial charge in [-0.15, -0.1) is 0 Å². The lowest BCUT2D eigenvalue weighted by Gasteiger charge is -2.19. The molecule has 1 aliphatic rings. The van der Waals surface area contributed by atoms with Crippen molar-refractivity contribution in [3.8, 4) is 0 Å². The van der Waals surface area contributed by atoms with Gasteiger partial charge in [-0.1, -0.05) is 0 Å². The highest BCUT2D eigenvalue weighted by molar-refractivity contribution is 5.88. The van der Waals surface area contributed by atoms with E-state index in [0.29, 0.717) is 12.8 Å². The molecule has 68 valence electrons. The van der Waals surface area contributed by atoms with E-state index >= 15 is 0 Å². The Morgan fingerprint density at radius 3 is 3.00 bits per heavy atom. The molecule has 1 fully saturated rings. The van der Waals surface area contributed by atoms with Crippen molar-refractivity contribution < 1.29 is 19.4 Å². The van der Waals surface area contributed by atoms with Crippen LogP contribution in [-0.2, 0) is 14.3 Å². The van der Waals surface area contributed by atoms with Crippen molar-refractivity contribution >= 4 is 11.9 Å². The largest absolute Gasteiger partial charge is 0.467 e. The fourth-order valence-corrected chi connectivity index (χ4v) is 1.29. The van der Waals surface area contributed by atoms with Gasteiger partial charge < -0.3 is 14.7 Å². The van der Waals surface area contributed by atoms with Gasteiger partial charge in [0.05, 0.1) is 7.11 Å². The molecule has 0 aliphatic carbocycles. The third kappa shape index (κ3) is 1.40. The van der Waals surface area contributed by atoms with Gasteiger partial charge in [0.2, 0.25) is 5.91 Å². The molecule has 0 aromatic carbocycles. The van der Waals surface area contributed by atoms with Crippen molar-refractivity contribution in [2.24, 2.45) is 0 Å². The van der Waals surface area contributed by atoms with E-state index in [9.17, 15) is 9.59 Å². The molecule has 0 spiro atoms. The standard InChI is InChI=1S/C7H11NO4/c1-12-7(11)5-2-3-6(10)8(5)4-9/h5,9H,2-4H2,1H3/t5-/m0/s1. The molecule has 1 amide bonds. The molecule has 0 bridgehead atoms. The Hall–Kier alpha value is -1.10. The van der Waals surface area contributed by atoms with Crippen LogP contribution in [0.5, 0.6) is 0 Å². The highest BCUT2D eigenvalue weighted by Gasteiger charge is 2.36. The first-order valence-electron chi connectivity index (χ1n) is 3.69. The zero-order valence-electron chi connectivity index (χ0n) is 6.82. The average molecular weight is 173 g/mol. The summed E-state index contributed by atoms with van der Waals surface area (Å²) in [4.78, 5) is 23.1. The zero-order chi connectivity index (χ0) is 9.14. The number of carbonyl (C=O) groups excluding carboxylic acids is 2. The summed E-state index contributed by atoms with van der Waals surface area (Å²) in [6.45, 7) is -0.418. The average Bonchev–Trinajstić information content (AvgIpc) is 2.45. The van der Waals surface area contributed by atoms with Crippen LogP contribution < -0.4 is 0 Å². The predicted molar refractivity (Wildman–Crippen MR) is 39.0 cm³/mol. The Balaban J connectivity index is 2.66. The first-order chi connectivity index (χ1) is 5.70. The highest BCUT2D eigenvalue weighted by Crippen LogP contribution is 2.18. The molecule has 0 unspecified atom stereocenters. The summed E-state index contributed by atoms with van der Waals surface area (Å²) in [5, 5.41) is 8.75. The lowest BCUT2D eigenvalue weighted by Crippen LogP contribution is -2.39. The van der Waals surface area contributed by atoms with Gasteiger partial charge in [-0.05, 0) is 6.42 Å². The Bertz CT molecular complexity index is 204. The number of hydrogen-bond acceptors (Lipinski definition) is 4. The minimum atomic E-state index is -0.590. The Kier molecular flexibility index (Phi) is 2.65. The van der Waals surface area contributed by atoms with Crippen molar-refractivity contribution in [2.45, 2.75) is 18.9 Å². The minimum absolute atomic E-state index is 0.201. The van der Waals surface area contributed by atoms with Crippen LogP contribution in [0.4, 0.5) is 0 Å². The number of esters is 1. The van der Waals surface area contributed by atoms with Crippen molar-refractivity contribution in [3.05, 3.63) is 0 Å². The summed E-state index contributed by atoms with van der Waals surface area (Å²) >= 11 is 0. The van der Waals surface area contributed by atoms with E-state index in [1.54, 1.807) is 0 Å². The van der Waals surface area contributed by atoms with Crippen LogP contribution in [0.1, 0.15) is 12.8 Å². The van der Waals surface area contributed by atoms with Crippen molar-refractivity contribution in [1.82, 2.24) is 4.90 Å². The predicted octanol–water partition coefficient (Wildman–Crippen LogP) is -0.900. The van der Waals surface area contributed by atoms with Gasteiger partial charge in [-0.2, -0.15) is 0 Å². The molecule has 0 aromatic rings. The number of hydrogen-bond donors (Lipinski definition) is 1. The highest BCUT2D eigenvalue weighted by atomic mass is 16.5. The first kappa shape index (κ1) is 8.99. The summed E-state index contributed by atoms with van der Waals surface area (Å²) in [5.41, 5.74) is 0. The Morgan fingerprint density at radius 2 is 2.50 bits per heavy atom. The topological polar surface area (TPSA) is 66.8 Å². The summed E-state index contributed by atoms with van der Waals surface area (Å²) in [7, 11) is 1.26. The van der Waals surface area contributed by atoms with Gasteiger partial charge in [0.25, 0.3) is 0 Å². The fourth-order valence-electron chi connectivity index (χ4n) is 1.29. The number of ether oxygens (including phenoxy) is 1. The fraction of sp³-hybridized carbons (Fsp3) is 0.714. The molecule has 0 aromatic heterocycles. The molecule has 1 aliphatic heterocycles. The third-order valence-corrected chi connectivity index (χ3v) is 1.95. The van der Waals surface area contributed by atoms with E-state index in [2.05, 4.69) is 4.74 Å². The van der Waals surface area contributed by atoms with Gasteiger partial charge in [0.15, 0.2) is 0 Å². The number of likely N-dealkylation sites (tertiary alicyclic amines) is 1. The van der Waals surface area contributed by atoms with Gasteiger partial charge in [0, 0.05) is 6.42 Å². The van der Waals surface area contributed by atoms with Crippen molar-refractivity contribution in [1.29, 1.82) is 0 Å². The summed E-state index contributed by atoms with van der Waals surface area (Å²) < 4.78 is 4.47. The van der Waals surface area contributed by atoms with Crippen molar-refractivity contribution in [3.63, 3.8) is 0 Å². The molecule has 0 radical (unpaired) electrons. The summed E-state index contributed by atoms with van der Waals surface area (Å²) in [5.74, 6) is -0.664. The van der Waals surface area contributed by atoms with Gasteiger partial charge in [-0.25, -0.2) is 4.79 Å². The zero-order valence-corrected chi connectivity index (χ0v) is 6.82. The summed E-state index contributed by atoms with van der Waals surface area (Å²) in [6.07, 6.45) is 0.742. The second-order valence-electron chi connectivity index (χ2n) is 2.58. The molecule has 1 saturated heterocycles. The number of aliphatic hydroxyl groups is 1. The number of methoxy groups -OCH3 is 1. The van der Waals surface area contributed by atoms with Crippen LogP contribution in [0.25, 0.3) is 0 Å². The van der Waals surface area contributed by atoms with Crippen LogP contribution in [0, 0.1) is 0 Å². The second-order valence-corrected chi connectivity index (χ2v) is 2.58. The number of carbonyl (C=O) groups is 2. The van der Waals surface area contributed by atoms with E-state index in [0.717, 1.165) is 4.90 Å². The molecule has 5 heteroatoms. The van der Waals surface area contributed by atoms with Crippen LogP contribution in [0.3, 0.4) is 0 Å². The van der Waals surface area contributed by atoms with Crippen LogP contribution >= 0.6 is 0 Å². The molecule has 12 heavy (non-hydrogen) atoms. The smallest absolute Gasteiger partial charge is 0.328 e. The van der Waals surface area contributed by atoms with E-state index in [4.69, 9.17) is 5.11 Å². The van der Waals surface area contributed by atoms with E-state index < -0.39 is 18.7 Å². The van der Waals surface area contributed by atoms with Gasteiger partial charge >= 0.3 is 5.97 Å². The molecule has 5 nitrogen and oxygen atoms in total. The number of aliphatic hydroxyl groups excluding tert-OH is 1. The third-order valence-electron chi connectivity index (χ3n) is 1.95. The maximum Gasteiger partial charge on any atom is 0.328 e. The van der Waals surface area contributed by atoms with Crippen LogP contribution in [0.15, 0.2) is 0 Å². The van der Waals surface area contributed by atoms with Gasteiger partial charge in [-0.3, -0.25) is 4.79 Å². The second kappa shape index (κ2) is 3.53. The van der Waals surface area contributed by atoms with E-state index in [1.807, 2.05) is 0 Å². The van der Waals surface area contributed by atoms with Crippen LogP contribution in [-0.4, -0.2) is 41.8 Å². The molecule has 1 atom stereocenters. The number of amides is 1. The number of rotatable bonds is 2. The lowest BCUT2D eigenvalue weighted by molar-refractivity contribution is -0.151. The van der Waals surface area contributed by atoms with E-state index in [-0.39, 0.29) is 5.91 Å². The monoisotopic (exact) mass is 173 g/mol. The minimum Gasteiger partial charge on any atom is -0.467 e. The molecular weight excluding hydrogens is 162 g/mol.